The fourth-order valence-electron chi connectivity index (χ4n) is 1.66. The van der Waals surface area contributed by atoms with Crippen LogP contribution < -0.4 is 5.43 Å². The SMILES string of the molecule is C=CCn1c(C)cc(=O)c(O)c1CN(C)C. The Labute approximate surface area is 95.4 Å². The molecular weight excluding hydrogens is 204 g/mol. The van der Waals surface area contributed by atoms with Gasteiger partial charge in [0.2, 0.25) is 5.43 Å². The van der Waals surface area contributed by atoms with Gasteiger partial charge in [-0.1, -0.05) is 6.08 Å². The molecule has 16 heavy (non-hydrogen) atoms. The van der Waals surface area contributed by atoms with Crippen LogP contribution in [-0.4, -0.2) is 28.7 Å². The molecule has 1 aromatic rings. The Morgan fingerprint density at radius 1 is 1.56 bits per heavy atom. The third-order valence-electron chi connectivity index (χ3n) is 2.38. The van der Waals surface area contributed by atoms with Crippen molar-refractivity contribution in [2.75, 3.05) is 14.1 Å². The van der Waals surface area contributed by atoms with Crippen LogP contribution in [-0.2, 0) is 13.1 Å². The molecule has 1 N–H and O–H groups in total. The Morgan fingerprint density at radius 3 is 2.69 bits per heavy atom. The molecule has 88 valence electrons. The number of allylic oxidation sites excluding steroid dienone is 1. The molecule has 0 unspecified atom stereocenters. The second kappa shape index (κ2) is 4.99. The zero-order valence-electron chi connectivity index (χ0n) is 10.0. The van der Waals surface area contributed by atoms with Gasteiger partial charge < -0.3 is 14.6 Å². The number of aromatic nitrogens is 1. The molecule has 4 nitrogen and oxygen atoms in total. The van der Waals surface area contributed by atoms with Gasteiger partial charge in [0.05, 0.1) is 5.69 Å². The van der Waals surface area contributed by atoms with Gasteiger partial charge in [0, 0.05) is 24.8 Å². The first-order chi connectivity index (χ1) is 7.47. The zero-order chi connectivity index (χ0) is 12.3. The molecule has 0 aliphatic rings. The zero-order valence-corrected chi connectivity index (χ0v) is 10.0. The Hall–Kier alpha value is -1.55. The molecule has 0 amide bonds. The van der Waals surface area contributed by atoms with Crippen molar-refractivity contribution in [2.45, 2.75) is 20.0 Å². The van der Waals surface area contributed by atoms with E-state index in [-0.39, 0.29) is 11.2 Å². The van der Waals surface area contributed by atoms with Crippen molar-refractivity contribution in [3.05, 3.63) is 40.3 Å². The van der Waals surface area contributed by atoms with E-state index in [0.29, 0.717) is 18.8 Å². The van der Waals surface area contributed by atoms with Gasteiger partial charge in [0.1, 0.15) is 0 Å². The van der Waals surface area contributed by atoms with E-state index in [2.05, 4.69) is 6.58 Å². The number of aryl methyl sites for hydroxylation is 1. The van der Waals surface area contributed by atoms with Crippen LogP contribution in [0.5, 0.6) is 5.75 Å². The molecule has 0 bridgehead atoms. The molecule has 1 heterocycles. The van der Waals surface area contributed by atoms with Crippen molar-refractivity contribution in [1.82, 2.24) is 9.47 Å². The van der Waals surface area contributed by atoms with Crippen molar-refractivity contribution in [2.24, 2.45) is 0 Å². The van der Waals surface area contributed by atoms with Crippen LogP contribution in [0.1, 0.15) is 11.4 Å². The highest BCUT2D eigenvalue weighted by molar-refractivity contribution is 5.30. The van der Waals surface area contributed by atoms with Crippen molar-refractivity contribution < 1.29 is 5.11 Å². The summed E-state index contributed by atoms with van der Waals surface area (Å²) in [4.78, 5) is 13.4. The van der Waals surface area contributed by atoms with E-state index >= 15 is 0 Å². The molecule has 0 aromatic carbocycles. The van der Waals surface area contributed by atoms with Crippen molar-refractivity contribution in [3.63, 3.8) is 0 Å². The van der Waals surface area contributed by atoms with Gasteiger partial charge in [-0.05, 0) is 21.0 Å². The minimum Gasteiger partial charge on any atom is -0.503 e. The highest BCUT2D eigenvalue weighted by Gasteiger charge is 2.12. The van der Waals surface area contributed by atoms with Crippen LogP contribution in [0.15, 0.2) is 23.5 Å². The summed E-state index contributed by atoms with van der Waals surface area (Å²) in [5.41, 5.74) is 1.14. The number of hydrogen-bond acceptors (Lipinski definition) is 3. The Balaban J connectivity index is 3.38. The average molecular weight is 222 g/mol. The lowest BCUT2D eigenvalue weighted by atomic mass is 10.2. The maximum atomic E-state index is 11.5. The number of aromatic hydroxyl groups is 1. The first kappa shape index (κ1) is 12.5. The van der Waals surface area contributed by atoms with Gasteiger partial charge in [-0.2, -0.15) is 0 Å². The number of nitrogens with zero attached hydrogens (tertiary/aromatic N) is 2. The van der Waals surface area contributed by atoms with Gasteiger partial charge in [-0.25, -0.2) is 0 Å². The molecular formula is C12H18N2O2. The predicted octanol–water partition coefficient (Wildman–Crippen LogP) is 1.11. The standard InChI is InChI=1S/C12H18N2O2/c1-5-6-14-9(2)7-11(15)12(16)10(14)8-13(3)4/h5,7,16H,1,6,8H2,2-4H3. The second-order valence-electron chi connectivity index (χ2n) is 4.08. The number of hydrogen-bond donors (Lipinski definition) is 1. The summed E-state index contributed by atoms with van der Waals surface area (Å²) in [6, 6.07) is 1.44. The minimum absolute atomic E-state index is 0.166. The predicted molar refractivity (Wildman–Crippen MR) is 64.7 cm³/mol. The second-order valence-corrected chi connectivity index (χ2v) is 4.08. The van der Waals surface area contributed by atoms with Gasteiger partial charge in [0.25, 0.3) is 0 Å². The number of pyridine rings is 1. The fourth-order valence-corrected chi connectivity index (χ4v) is 1.66. The largest absolute Gasteiger partial charge is 0.503 e. The molecule has 1 rings (SSSR count). The van der Waals surface area contributed by atoms with Gasteiger partial charge in [-0.15, -0.1) is 6.58 Å². The summed E-state index contributed by atoms with van der Waals surface area (Å²) < 4.78 is 1.89. The molecule has 0 aliphatic carbocycles. The monoisotopic (exact) mass is 222 g/mol. The number of rotatable bonds is 4. The normalized spacial score (nSPS) is 10.8. The van der Waals surface area contributed by atoms with Gasteiger partial charge in [-0.3, -0.25) is 4.79 Å². The maximum Gasteiger partial charge on any atom is 0.223 e. The molecule has 0 fully saturated rings. The van der Waals surface area contributed by atoms with Crippen LogP contribution in [0.2, 0.25) is 0 Å². The van der Waals surface area contributed by atoms with Crippen LogP contribution in [0.25, 0.3) is 0 Å². The van der Waals surface area contributed by atoms with Crippen LogP contribution in [0.3, 0.4) is 0 Å². The molecule has 4 heteroatoms. The third kappa shape index (κ3) is 2.52. The summed E-state index contributed by atoms with van der Waals surface area (Å²) in [5.74, 6) is -0.166. The summed E-state index contributed by atoms with van der Waals surface area (Å²) in [7, 11) is 3.79. The lowest BCUT2D eigenvalue weighted by molar-refractivity contribution is 0.365. The van der Waals surface area contributed by atoms with E-state index in [1.165, 1.54) is 6.07 Å². The first-order valence-corrected chi connectivity index (χ1v) is 5.15. The summed E-state index contributed by atoms with van der Waals surface area (Å²) >= 11 is 0. The lowest BCUT2D eigenvalue weighted by Crippen LogP contribution is -2.21. The van der Waals surface area contributed by atoms with Crippen molar-refractivity contribution in [3.8, 4) is 5.75 Å². The molecule has 0 atom stereocenters. The lowest BCUT2D eigenvalue weighted by Gasteiger charge is -2.19. The van der Waals surface area contributed by atoms with Crippen molar-refractivity contribution >= 4 is 0 Å². The highest BCUT2D eigenvalue weighted by atomic mass is 16.3. The molecule has 0 aliphatic heterocycles. The minimum atomic E-state index is -0.324. The molecule has 0 saturated carbocycles. The average Bonchev–Trinajstić information content (AvgIpc) is 2.19. The van der Waals surface area contributed by atoms with E-state index < -0.39 is 0 Å². The summed E-state index contributed by atoms with van der Waals surface area (Å²) in [6.45, 7) is 6.64. The van der Waals surface area contributed by atoms with E-state index in [1.807, 2.05) is 30.5 Å². The van der Waals surface area contributed by atoms with Gasteiger partial charge >= 0.3 is 0 Å². The molecule has 1 aromatic heterocycles. The van der Waals surface area contributed by atoms with E-state index in [9.17, 15) is 9.90 Å². The Kier molecular flexibility index (Phi) is 3.90. The maximum absolute atomic E-state index is 11.5. The van der Waals surface area contributed by atoms with Crippen LogP contribution >= 0.6 is 0 Å². The fraction of sp³-hybridized carbons (Fsp3) is 0.417. The molecule has 0 saturated heterocycles. The van der Waals surface area contributed by atoms with E-state index in [0.717, 1.165) is 5.69 Å². The first-order valence-electron chi connectivity index (χ1n) is 5.15. The van der Waals surface area contributed by atoms with Crippen molar-refractivity contribution in [1.29, 1.82) is 0 Å². The molecule has 0 spiro atoms. The smallest absolute Gasteiger partial charge is 0.223 e. The van der Waals surface area contributed by atoms with Crippen LogP contribution in [0, 0.1) is 6.92 Å². The topological polar surface area (TPSA) is 45.5 Å². The van der Waals surface area contributed by atoms with E-state index in [1.54, 1.807) is 6.08 Å². The highest BCUT2D eigenvalue weighted by Crippen LogP contribution is 2.15. The van der Waals surface area contributed by atoms with Gasteiger partial charge in [0.15, 0.2) is 5.75 Å². The third-order valence-corrected chi connectivity index (χ3v) is 2.38. The Bertz CT molecular complexity index is 447. The quantitative estimate of drug-likeness (QED) is 0.776. The molecule has 0 radical (unpaired) electrons. The summed E-state index contributed by atoms with van der Waals surface area (Å²) in [5, 5.41) is 9.78. The summed E-state index contributed by atoms with van der Waals surface area (Å²) in [6.07, 6.45) is 1.75. The van der Waals surface area contributed by atoms with Crippen LogP contribution in [0.4, 0.5) is 0 Å². The Morgan fingerprint density at radius 2 is 2.19 bits per heavy atom. The van der Waals surface area contributed by atoms with E-state index in [4.69, 9.17) is 0 Å².